The van der Waals surface area contributed by atoms with Crippen molar-refractivity contribution >= 4 is 11.9 Å². The van der Waals surface area contributed by atoms with Gasteiger partial charge in [0.05, 0.1) is 42.0 Å². The van der Waals surface area contributed by atoms with Crippen LogP contribution in [0.25, 0.3) is 0 Å². The Balaban J connectivity index is 1.57. The fraction of sp³-hybridized carbons (Fsp3) is 0.765. The minimum absolute atomic E-state index is 0.119. The van der Waals surface area contributed by atoms with E-state index in [9.17, 15) is 30.0 Å². The first-order valence-corrected chi connectivity index (χ1v) is 16.4. The fourth-order valence-corrected chi connectivity index (χ4v) is 12.3. The maximum absolute atomic E-state index is 13.8. The number of aliphatic hydroxyl groups is 4. The molecule has 7 bridgehead atoms. The molecule has 6 fully saturated rings. The van der Waals surface area contributed by atoms with Crippen molar-refractivity contribution in [2.75, 3.05) is 48.1 Å². The Morgan fingerprint density at radius 2 is 1.68 bits per heavy atom. The maximum Gasteiger partial charge on any atom is 0.338 e. The van der Waals surface area contributed by atoms with Crippen LogP contribution < -0.4 is 0 Å². The minimum atomic E-state index is -2.12. The molecule has 0 amide bonds. The average Bonchev–Trinajstić information content (AvgIpc) is 3.39. The minimum Gasteiger partial charge on any atom is -0.455 e. The van der Waals surface area contributed by atoms with E-state index in [4.69, 9.17) is 28.4 Å². The summed E-state index contributed by atoms with van der Waals surface area (Å²) in [6, 6.07) is 7.64. The first-order valence-electron chi connectivity index (χ1n) is 16.4. The Bertz CT molecular complexity index is 1410. The summed E-state index contributed by atoms with van der Waals surface area (Å²) in [5.74, 6) is -4.34. The Kier molecular flexibility index (Phi) is 7.72. The van der Waals surface area contributed by atoms with Gasteiger partial charge in [0.2, 0.25) is 0 Å². The lowest BCUT2D eigenvalue weighted by Crippen LogP contribution is -2.85. The number of methoxy groups -OCH3 is 4. The lowest BCUT2D eigenvalue weighted by atomic mass is 9.40. The number of piperidine rings is 1. The second kappa shape index (κ2) is 10.9. The number of carbonyl (C=O) groups excluding carboxylic acids is 2. The molecule has 0 radical (unpaired) electrons. The van der Waals surface area contributed by atoms with Gasteiger partial charge in [-0.15, -0.1) is 0 Å². The number of likely N-dealkylation sites (tertiary alicyclic amines) is 1. The van der Waals surface area contributed by atoms with E-state index in [0.717, 1.165) is 0 Å². The molecule has 47 heavy (non-hydrogen) atoms. The molecule has 13 nitrogen and oxygen atoms in total. The summed E-state index contributed by atoms with van der Waals surface area (Å²) < 4.78 is 36.9. The van der Waals surface area contributed by atoms with E-state index in [-0.39, 0.29) is 18.6 Å². The number of ether oxygens (including phenoxy) is 6. The highest BCUT2D eigenvalue weighted by molar-refractivity contribution is 5.89. The number of nitrogens with zero attached hydrogens (tertiary/aromatic N) is 1. The van der Waals surface area contributed by atoms with Crippen molar-refractivity contribution in [3.05, 3.63) is 35.9 Å². The predicted octanol–water partition coefficient (Wildman–Crippen LogP) is -0.237. The smallest absolute Gasteiger partial charge is 0.338 e. The van der Waals surface area contributed by atoms with Crippen LogP contribution in [0, 0.1) is 28.6 Å². The molecule has 1 unspecified atom stereocenters. The zero-order valence-corrected chi connectivity index (χ0v) is 27.7. The van der Waals surface area contributed by atoms with E-state index in [2.05, 4.69) is 4.90 Å². The van der Waals surface area contributed by atoms with Crippen molar-refractivity contribution in [3.8, 4) is 0 Å². The van der Waals surface area contributed by atoms with E-state index in [1.165, 1.54) is 28.3 Å². The molecule has 1 spiro atoms. The number of fused-ring (bicyclic) bond motifs is 2. The number of rotatable bonds is 9. The number of carbonyl (C=O) groups is 2. The van der Waals surface area contributed by atoms with Crippen LogP contribution in [-0.4, -0.2) is 145 Å². The molecule has 0 aromatic heterocycles. The molecule has 1 aromatic rings. The van der Waals surface area contributed by atoms with Crippen molar-refractivity contribution in [1.82, 2.24) is 4.90 Å². The van der Waals surface area contributed by atoms with Gasteiger partial charge in [0, 0.05) is 83.5 Å². The molecular formula is C34H47NO12. The van der Waals surface area contributed by atoms with Crippen LogP contribution in [0.2, 0.25) is 0 Å². The van der Waals surface area contributed by atoms with E-state index in [1.54, 1.807) is 37.4 Å². The molecular weight excluding hydrogens is 614 g/mol. The van der Waals surface area contributed by atoms with Crippen LogP contribution in [0.3, 0.4) is 0 Å². The average molecular weight is 662 g/mol. The van der Waals surface area contributed by atoms with Crippen LogP contribution in [0.4, 0.5) is 0 Å². The first kappa shape index (κ1) is 33.3. The molecule has 1 saturated heterocycles. The number of hydrogen-bond acceptors (Lipinski definition) is 13. The van der Waals surface area contributed by atoms with Crippen LogP contribution in [0.15, 0.2) is 30.3 Å². The van der Waals surface area contributed by atoms with Crippen molar-refractivity contribution in [2.24, 2.45) is 28.6 Å². The summed E-state index contributed by atoms with van der Waals surface area (Å²) in [5, 5.41) is 51.1. The van der Waals surface area contributed by atoms with Crippen molar-refractivity contribution in [3.63, 3.8) is 0 Å². The van der Waals surface area contributed by atoms with Gasteiger partial charge in [-0.2, -0.15) is 0 Å². The summed E-state index contributed by atoms with van der Waals surface area (Å²) in [6.45, 7) is 4.15. The standard InChI is InChI=1S/C34H47NO12/c1-7-35-15-30(16-42-3)19(37)13-20(43-4)33-23(30)22(44-5)21(25(33)35)34(47-17(2)36)24-27(46-29(39)18-11-9-8-10-12-18)31(40,14-32(24,33)41)28(45-6)26(34)38/h8-12,19-28,37-38,40-41H,7,13-16H2,1-6H3/t19-,20+,21-,22+,23-,24+,25?,26+,27-,28+,30+,31-,32+,33-,34+/m1/s1. The fourth-order valence-electron chi connectivity index (χ4n) is 12.3. The second-order valence-electron chi connectivity index (χ2n) is 14.6. The van der Waals surface area contributed by atoms with Gasteiger partial charge < -0.3 is 48.8 Å². The van der Waals surface area contributed by atoms with E-state index >= 15 is 0 Å². The molecule has 5 saturated carbocycles. The molecule has 1 aliphatic heterocycles. The molecule has 6 aliphatic rings. The Morgan fingerprint density at radius 3 is 2.26 bits per heavy atom. The number of hydrogen-bond donors (Lipinski definition) is 4. The van der Waals surface area contributed by atoms with Crippen molar-refractivity contribution in [2.45, 2.75) is 86.2 Å². The molecule has 1 heterocycles. The molecule has 13 heteroatoms. The van der Waals surface area contributed by atoms with Gasteiger partial charge in [-0.25, -0.2) is 4.79 Å². The molecule has 4 N–H and O–H groups in total. The SMILES string of the molecule is CCN1C[C@]2(COC)[C@H](O)C[C@H](OC)[C@]34C1[C@@H]([C@H](OC)[C@H]23)[C@]1(OC(C)=O)[C@H]2[C@@H](OC(=O)c3ccccc3)[C@](O)(C[C@]24O)[C@@H](OC)[C@@H]1O. The van der Waals surface area contributed by atoms with Gasteiger partial charge in [0.1, 0.15) is 23.9 Å². The molecule has 7 rings (SSSR count). The van der Waals surface area contributed by atoms with Gasteiger partial charge in [-0.3, -0.25) is 9.69 Å². The first-order chi connectivity index (χ1) is 22.3. The highest BCUT2D eigenvalue weighted by atomic mass is 16.6. The van der Waals surface area contributed by atoms with Gasteiger partial charge in [-0.1, -0.05) is 25.1 Å². The summed E-state index contributed by atoms with van der Waals surface area (Å²) >= 11 is 0. The summed E-state index contributed by atoms with van der Waals surface area (Å²) in [7, 11) is 5.94. The highest BCUT2D eigenvalue weighted by Gasteiger charge is 2.96. The van der Waals surface area contributed by atoms with Crippen LogP contribution >= 0.6 is 0 Å². The van der Waals surface area contributed by atoms with E-state index in [0.29, 0.717) is 13.1 Å². The van der Waals surface area contributed by atoms with Gasteiger partial charge in [-0.05, 0) is 18.7 Å². The maximum atomic E-state index is 13.8. The van der Waals surface area contributed by atoms with E-state index < -0.39 is 106 Å². The Hall–Kier alpha value is -2.20. The third-order valence-corrected chi connectivity index (χ3v) is 13.2. The van der Waals surface area contributed by atoms with Crippen LogP contribution in [0.1, 0.15) is 37.0 Å². The zero-order valence-electron chi connectivity index (χ0n) is 27.7. The van der Waals surface area contributed by atoms with E-state index in [1.807, 2.05) is 6.92 Å². The highest BCUT2D eigenvalue weighted by Crippen LogP contribution is 2.81. The molecule has 1 aromatic carbocycles. The van der Waals surface area contributed by atoms with Crippen molar-refractivity contribution in [1.29, 1.82) is 0 Å². The number of esters is 2. The molecule has 260 valence electrons. The van der Waals surface area contributed by atoms with Gasteiger partial charge >= 0.3 is 11.9 Å². The number of aliphatic hydroxyl groups excluding tert-OH is 2. The van der Waals surface area contributed by atoms with Crippen LogP contribution in [0.5, 0.6) is 0 Å². The van der Waals surface area contributed by atoms with Crippen LogP contribution in [-0.2, 0) is 33.2 Å². The summed E-state index contributed by atoms with van der Waals surface area (Å²) in [5.41, 5.74) is -8.15. The molecule has 15 atom stereocenters. The largest absolute Gasteiger partial charge is 0.455 e. The zero-order chi connectivity index (χ0) is 33.9. The van der Waals surface area contributed by atoms with Crippen molar-refractivity contribution < 1.29 is 58.4 Å². The quantitative estimate of drug-likeness (QED) is 0.256. The monoisotopic (exact) mass is 661 g/mol. The Labute approximate surface area is 274 Å². The lowest BCUT2D eigenvalue weighted by molar-refractivity contribution is -0.355. The summed E-state index contributed by atoms with van der Waals surface area (Å²) in [6.07, 6.45) is -7.38. The summed E-state index contributed by atoms with van der Waals surface area (Å²) in [4.78, 5) is 29.2. The van der Waals surface area contributed by atoms with Gasteiger partial charge in [0.25, 0.3) is 0 Å². The molecule has 5 aliphatic carbocycles. The number of benzene rings is 1. The topological polar surface area (TPSA) is 174 Å². The normalized spacial score (nSPS) is 50.7. The Morgan fingerprint density at radius 1 is 0.979 bits per heavy atom. The van der Waals surface area contributed by atoms with Gasteiger partial charge in [0.15, 0.2) is 5.60 Å². The second-order valence-corrected chi connectivity index (χ2v) is 14.6. The predicted molar refractivity (Wildman–Crippen MR) is 162 cm³/mol. The third-order valence-electron chi connectivity index (χ3n) is 13.2. The lowest BCUT2D eigenvalue weighted by Gasteiger charge is -2.72. The third kappa shape index (κ3) is 3.65.